The van der Waals surface area contributed by atoms with E-state index in [1.165, 1.54) is 0 Å². The second kappa shape index (κ2) is 7.09. The highest BCUT2D eigenvalue weighted by Gasteiger charge is 2.26. The van der Waals surface area contributed by atoms with Crippen LogP contribution in [-0.4, -0.2) is 32.0 Å². The molecule has 0 heterocycles. The number of benzene rings is 1. The number of aliphatic hydroxyl groups excluding tert-OH is 1. The topological polar surface area (TPSA) is 80.4 Å². The maximum absolute atomic E-state index is 12.2. The average Bonchev–Trinajstić information content (AvgIpc) is 2.36. The summed E-state index contributed by atoms with van der Waals surface area (Å²) in [6, 6.07) is 2.93. The number of aliphatic hydroxyl groups is 1. The minimum Gasteiger partial charge on any atom is -0.387 e. The molecule has 1 rings (SSSR count). The van der Waals surface area contributed by atoms with Gasteiger partial charge < -0.3 is 10.8 Å². The van der Waals surface area contributed by atoms with Crippen molar-refractivity contribution in [3.63, 3.8) is 0 Å². The molecule has 0 aromatic heterocycles. The first-order valence-corrected chi connectivity index (χ1v) is 6.47. The van der Waals surface area contributed by atoms with Crippen LogP contribution in [0.1, 0.15) is 11.7 Å². The van der Waals surface area contributed by atoms with Gasteiger partial charge in [-0.2, -0.15) is 8.78 Å². The summed E-state index contributed by atoms with van der Waals surface area (Å²) in [5.74, 6) is -3.51. The van der Waals surface area contributed by atoms with Gasteiger partial charge in [0, 0.05) is 0 Å². The zero-order chi connectivity index (χ0) is 13.9. The zero-order valence-electron chi connectivity index (χ0n) is 9.54. The summed E-state index contributed by atoms with van der Waals surface area (Å²) in [7, 11) is -4.67. The number of nitrogens with two attached hydrogens (primary N) is 1. The molecule has 110 valence electrons. The fourth-order valence-corrected chi connectivity index (χ4v) is 2.01. The van der Waals surface area contributed by atoms with Crippen molar-refractivity contribution in [2.75, 3.05) is 6.67 Å². The van der Waals surface area contributed by atoms with Gasteiger partial charge in [-0.3, -0.25) is 0 Å². The first-order valence-electron chi connectivity index (χ1n) is 4.92. The molecule has 0 fully saturated rings. The first-order chi connectivity index (χ1) is 8.30. The summed E-state index contributed by atoms with van der Waals surface area (Å²) in [6.07, 6.45) is -1.32. The Labute approximate surface area is 114 Å². The van der Waals surface area contributed by atoms with Crippen molar-refractivity contribution in [2.24, 2.45) is 5.73 Å². The number of sulfone groups is 1. The summed E-state index contributed by atoms with van der Waals surface area (Å²) >= 11 is 0. The Hall–Kier alpha value is -0.830. The van der Waals surface area contributed by atoms with Crippen LogP contribution in [0.2, 0.25) is 0 Å². The molecule has 0 bridgehead atoms. The van der Waals surface area contributed by atoms with Crippen molar-refractivity contribution in [1.82, 2.24) is 0 Å². The van der Waals surface area contributed by atoms with E-state index in [1.807, 2.05) is 0 Å². The van der Waals surface area contributed by atoms with Crippen LogP contribution in [0.3, 0.4) is 0 Å². The van der Waals surface area contributed by atoms with Crippen LogP contribution in [-0.2, 0) is 9.84 Å². The van der Waals surface area contributed by atoms with Gasteiger partial charge in [0.25, 0.3) is 0 Å². The van der Waals surface area contributed by atoms with Crippen molar-refractivity contribution in [3.8, 4) is 0 Å². The molecule has 4 nitrogen and oxygen atoms in total. The van der Waals surface area contributed by atoms with Crippen LogP contribution in [0.4, 0.5) is 13.2 Å². The molecular weight excluding hydrogens is 307 g/mol. The quantitative estimate of drug-likeness (QED) is 0.860. The molecule has 19 heavy (non-hydrogen) atoms. The summed E-state index contributed by atoms with van der Waals surface area (Å²) in [5.41, 5.74) is 5.42. The van der Waals surface area contributed by atoms with Gasteiger partial charge in [-0.25, -0.2) is 12.8 Å². The molecule has 3 N–H and O–H groups in total. The molecule has 0 radical (unpaired) electrons. The lowest BCUT2D eigenvalue weighted by Crippen LogP contribution is -2.30. The van der Waals surface area contributed by atoms with E-state index in [9.17, 15) is 26.7 Å². The minimum atomic E-state index is -4.67. The Bertz CT molecular complexity index is 495. The predicted octanol–water partition coefficient (Wildman–Crippen LogP) is 1.43. The number of hydrogen-bond donors (Lipinski definition) is 2. The lowest BCUT2D eigenvalue weighted by molar-refractivity contribution is 0.132. The van der Waals surface area contributed by atoms with Gasteiger partial charge in [0.05, 0.1) is 17.0 Å². The Balaban J connectivity index is 0.00000324. The maximum atomic E-state index is 12.2. The molecule has 0 amide bonds. The van der Waals surface area contributed by atoms with Gasteiger partial charge in [0.2, 0.25) is 9.84 Å². The van der Waals surface area contributed by atoms with Crippen LogP contribution in [0.15, 0.2) is 29.2 Å². The van der Waals surface area contributed by atoms with Crippen molar-refractivity contribution in [3.05, 3.63) is 29.8 Å². The van der Waals surface area contributed by atoms with Crippen molar-refractivity contribution in [2.45, 2.75) is 22.8 Å². The van der Waals surface area contributed by atoms with E-state index in [4.69, 9.17) is 5.73 Å². The van der Waals surface area contributed by atoms with Crippen molar-refractivity contribution >= 4 is 22.2 Å². The summed E-state index contributed by atoms with van der Waals surface area (Å²) in [6.45, 7) is -0.960. The van der Waals surface area contributed by atoms with Crippen LogP contribution in [0.5, 0.6) is 0 Å². The van der Waals surface area contributed by atoms with E-state index in [0.29, 0.717) is 0 Å². The molecular formula is C10H13ClF3NO3S. The first kappa shape index (κ1) is 18.2. The van der Waals surface area contributed by atoms with Crippen molar-refractivity contribution in [1.29, 1.82) is 0 Å². The summed E-state index contributed by atoms with van der Waals surface area (Å²) < 4.78 is 58.9. The highest BCUT2D eigenvalue weighted by Crippen LogP contribution is 2.22. The van der Waals surface area contributed by atoms with Crippen LogP contribution < -0.4 is 5.73 Å². The lowest BCUT2D eigenvalue weighted by Gasteiger charge is -2.16. The van der Waals surface area contributed by atoms with Crippen molar-refractivity contribution < 1.29 is 26.7 Å². The molecule has 0 aliphatic rings. The molecule has 0 aliphatic carbocycles. The monoisotopic (exact) mass is 319 g/mol. The van der Waals surface area contributed by atoms with Gasteiger partial charge >= 0.3 is 5.76 Å². The third-order valence-corrected chi connectivity index (χ3v) is 3.77. The molecule has 0 saturated heterocycles. The normalized spacial score (nSPS) is 14.8. The number of hydrogen-bond acceptors (Lipinski definition) is 4. The van der Waals surface area contributed by atoms with Gasteiger partial charge in [-0.15, -0.1) is 12.4 Å². The Morgan fingerprint density at radius 1 is 1.21 bits per heavy atom. The third-order valence-electron chi connectivity index (χ3n) is 2.37. The molecule has 0 saturated carbocycles. The van der Waals surface area contributed by atoms with Gasteiger partial charge in [-0.05, 0) is 17.7 Å². The van der Waals surface area contributed by atoms with E-state index < -0.39 is 39.3 Å². The molecule has 2 atom stereocenters. The highest BCUT2D eigenvalue weighted by atomic mass is 35.5. The SMILES string of the molecule is Cl.N[C@H](CF)[C@H](O)c1ccc(S(=O)(=O)C(F)F)cc1. The van der Waals surface area contributed by atoms with E-state index in [1.54, 1.807) is 0 Å². The zero-order valence-corrected chi connectivity index (χ0v) is 11.2. The summed E-state index contributed by atoms with van der Waals surface area (Å²) in [5, 5.41) is 9.53. The largest absolute Gasteiger partial charge is 0.387 e. The minimum absolute atomic E-state index is 0. The molecule has 0 spiro atoms. The third kappa shape index (κ3) is 4.07. The smallest absolute Gasteiger partial charge is 0.341 e. The van der Waals surface area contributed by atoms with Crippen LogP contribution in [0, 0.1) is 0 Å². The lowest BCUT2D eigenvalue weighted by atomic mass is 10.0. The van der Waals surface area contributed by atoms with Gasteiger partial charge in [0.15, 0.2) is 0 Å². The average molecular weight is 320 g/mol. The Morgan fingerprint density at radius 3 is 2.05 bits per heavy atom. The van der Waals surface area contributed by atoms with E-state index in [0.717, 1.165) is 24.3 Å². The molecule has 0 aliphatic heterocycles. The van der Waals surface area contributed by atoms with E-state index in [2.05, 4.69) is 0 Å². The van der Waals surface area contributed by atoms with Crippen LogP contribution in [0.25, 0.3) is 0 Å². The Morgan fingerprint density at radius 2 is 1.68 bits per heavy atom. The second-order valence-electron chi connectivity index (χ2n) is 3.64. The maximum Gasteiger partial charge on any atom is 0.341 e. The molecule has 0 unspecified atom stereocenters. The highest BCUT2D eigenvalue weighted by molar-refractivity contribution is 7.91. The molecule has 1 aromatic carbocycles. The standard InChI is InChI=1S/C10H12F3NO3S.ClH/c11-5-8(14)9(15)6-1-3-7(4-2-6)18(16,17)10(12)13;/h1-4,8-10,15H,5,14H2;1H/t8-,9-;/m1./s1. The number of rotatable bonds is 5. The molecule has 1 aromatic rings. The fourth-order valence-electron chi connectivity index (χ4n) is 1.29. The van der Waals surface area contributed by atoms with Gasteiger partial charge in [0.1, 0.15) is 6.67 Å². The van der Waals surface area contributed by atoms with Crippen LogP contribution >= 0.6 is 12.4 Å². The Kier molecular flexibility index (Phi) is 6.78. The number of alkyl halides is 3. The summed E-state index contributed by atoms with van der Waals surface area (Å²) in [4.78, 5) is -0.567. The number of halogens is 4. The van der Waals surface area contributed by atoms with E-state index in [-0.39, 0.29) is 18.0 Å². The molecule has 9 heteroatoms. The fraction of sp³-hybridized carbons (Fsp3) is 0.400. The van der Waals surface area contributed by atoms with Gasteiger partial charge in [-0.1, -0.05) is 12.1 Å². The predicted molar refractivity (Wildman–Crippen MR) is 65.8 cm³/mol. The second-order valence-corrected chi connectivity index (χ2v) is 5.56. The van der Waals surface area contributed by atoms with E-state index >= 15 is 0 Å².